The van der Waals surface area contributed by atoms with Crippen molar-refractivity contribution in [3.63, 3.8) is 0 Å². The van der Waals surface area contributed by atoms with Gasteiger partial charge >= 0.3 is 6.18 Å². The van der Waals surface area contributed by atoms with Gasteiger partial charge in [0.05, 0.1) is 13.7 Å². The lowest BCUT2D eigenvalue weighted by Gasteiger charge is -2.36. The van der Waals surface area contributed by atoms with E-state index in [9.17, 15) is 18.0 Å². The highest BCUT2D eigenvalue weighted by atomic mass is 19.4. The minimum absolute atomic E-state index is 0.0504. The molecular weight excluding hydrogens is 273 g/mol. The summed E-state index contributed by atoms with van der Waals surface area (Å²) < 4.78 is 43.9. The van der Waals surface area contributed by atoms with Crippen molar-refractivity contribution in [2.24, 2.45) is 0 Å². The van der Waals surface area contributed by atoms with Crippen LogP contribution in [0.1, 0.15) is 5.56 Å². The third kappa shape index (κ3) is 3.41. The van der Waals surface area contributed by atoms with Gasteiger partial charge in [0.25, 0.3) is 0 Å². The Morgan fingerprint density at radius 2 is 2.20 bits per heavy atom. The van der Waals surface area contributed by atoms with E-state index >= 15 is 0 Å². The third-order valence-corrected chi connectivity index (χ3v) is 3.18. The number of piperazine rings is 1. The maximum absolute atomic E-state index is 12.9. The average molecular weight is 288 g/mol. The summed E-state index contributed by atoms with van der Waals surface area (Å²) in [6.45, 7) is -0.623. The Morgan fingerprint density at radius 3 is 2.85 bits per heavy atom. The molecule has 0 aliphatic carbocycles. The number of carbonyl (C=O) groups is 1. The van der Waals surface area contributed by atoms with Crippen molar-refractivity contribution < 1.29 is 22.7 Å². The highest BCUT2D eigenvalue weighted by Gasteiger charge is 2.46. The van der Waals surface area contributed by atoms with Gasteiger partial charge in [0, 0.05) is 13.1 Å². The van der Waals surface area contributed by atoms with Gasteiger partial charge in [-0.1, -0.05) is 12.1 Å². The zero-order valence-corrected chi connectivity index (χ0v) is 10.9. The number of carbonyl (C=O) groups excluding carboxylic acids is 1. The smallest absolute Gasteiger partial charge is 0.405 e. The van der Waals surface area contributed by atoms with Crippen molar-refractivity contribution in [2.75, 3.05) is 20.2 Å². The molecule has 1 atom stereocenters. The van der Waals surface area contributed by atoms with Crippen molar-refractivity contribution in [3.05, 3.63) is 29.8 Å². The molecule has 0 aromatic heterocycles. The first-order chi connectivity index (χ1) is 9.40. The summed E-state index contributed by atoms with van der Waals surface area (Å²) in [6, 6.07) is 5.14. The molecule has 1 aliphatic rings. The van der Waals surface area contributed by atoms with Gasteiger partial charge in [0.15, 0.2) is 0 Å². The molecule has 1 N–H and O–H groups in total. The van der Waals surface area contributed by atoms with Crippen LogP contribution in [0.5, 0.6) is 5.75 Å². The second-order valence-electron chi connectivity index (χ2n) is 4.62. The molecule has 1 saturated heterocycles. The predicted molar refractivity (Wildman–Crippen MR) is 66.3 cm³/mol. The number of hydrogen-bond donors (Lipinski definition) is 1. The molecule has 1 fully saturated rings. The van der Waals surface area contributed by atoms with Crippen LogP contribution >= 0.6 is 0 Å². The van der Waals surface area contributed by atoms with Gasteiger partial charge in [0.1, 0.15) is 11.8 Å². The molecule has 0 radical (unpaired) electrons. The van der Waals surface area contributed by atoms with Gasteiger partial charge in [-0.15, -0.1) is 0 Å². The van der Waals surface area contributed by atoms with Crippen molar-refractivity contribution in [1.82, 2.24) is 10.2 Å². The molecule has 0 saturated carbocycles. The largest absolute Gasteiger partial charge is 0.497 e. The average Bonchev–Trinajstić information content (AvgIpc) is 2.37. The maximum Gasteiger partial charge on any atom is 0.405 e. The van der Waals surface area contributed by atoms with Crippen LogP contribution in [0.3, 0.4) is 0 Å². The Bertz CT molecular complexity index is 491. The van der Waals surface area contributed by atoms with Crippen LogP contribution in [0.15, 0.2) is 24.3 Å². The van der Waals surface area contributed by atoms with E-state index in [1.54, 1.807) is 24.3 Å². The number of nitrogens with zero attached hydrogens (tertiary/aromatic N) is 1. The second kappa shape index (κ2) is 5.70. The van der Waals surface area contributed by atoms with E-state index in [1.165, 1.54) is 7.11 Å². The lowest BCUT2D eigenvalue weighted by molar-refractivity contribution is -0.190. The lowest BCUT2D eigenvalue weighted by Crippen LogP contribution is -2.59. The number of hydrogen-bond acceptors (Lipinski definition) is 3. The second-order valence-corrected chi connectivity index (χ2v) is 4.62. The van der Waals surface area contributed by atoms with Crippen molar-refractivity contribution in [1.29, 1.82) is 0 Å². The van der Waals surface area contributed by atoms with Crippen LogP contribution in [0, 0.1) is 0 Å². The summed E-state index contributed by atoms with van der Waals surface area (Å²) in [4.78, 5) is 12.4. The van der Waals surface area contributed by atoms with Crippen LogP contribution in [0.4, 0.5) is 13.2 Å². The molecule has 1 aromatic rings. The summed E-state index contributed by atoms with van der Waals surface area (Å²) >= 11 is 0. The summed E-state index contributed by atoms with van der Waals surface area (Å²) in [5, 5.41) is 2.25. The minimum Gasteiger partial charge on any atom is -0.497 e. The molecular formula is C13H15F3N2O2. The molecule has 1 amide bonds. The number of benzene rings is 1. The predicted octanol–water partition coefficient (Wildman–Crippen LogP) is 1.56. The summed E-state index contributed by atoms with van der Waals surface area (Å²) in [5.74, 6) is 0.181. The molecule has 1 aliphatic heterocycles. The minimum atomic E-state index is -4.37. The molecule has 2 rings (SSSR count). The van der Waals surface area contributed by atoms with Crippen LogP contribution in [0.2, 0.25) is 0 Å². The molecule has 110 valence electrons. The Labute approximate surface area is 114 Å². The van der Waals surface area contributed by atoms with E-state index in [-0.39, 0.29) is 13.1 Å². The molecule has 0 spiro atoms. The SMILES string of the molecule is COc1cccc(CN2CC(=O)NCC2C(F)(F)F)c1. The van der Waals surface area contributed by atoms with E-state index in [0.29, 0.717) is 11.3 Å². The summed E-state index contributed by atoms with van der Waals surface area (Å²) in [7, 11) is 1.49. The molecule has 7 heteroatoms. The Kier molecular flexibility index (Phi) is 4.17. The van der Waals surface area contributed by atoms with Gasteiger partial charge in [-0.3, -0.25) is 9.69 Å². The monoisotopic (exact) mass is 288 g/mol. The number of amides is 1. The van der Waals surface area contributed by atoms with Crippen LogP contribution in [-0.2, 0) is 11.3 Å². The fraction of sp³-hybridized carbons (Fsp3) is 0.462. The third-order valence-electron chi connectivity index (χ3n) is 3.18. The highest BCUT2D eigenvalue weighted by molar-refractivity contribution is 5.78. The standard InChI is InChI=1S/C13H15F3N2O2/c1-20-10-4-2-3-9(5-10)7-18-8-12(19)17-6-11(18)13(14,15)16/h2-5,11H,6-8H2,1H3,(H,17,19). The van der Waals surface area contributed by atoms with Gasteiger partial charge in [-0.05, 0) is 17.7 Å². The first kappa shape index (κ1) is 14.6. The fourth-order valence-corrected chi connectivity index (χ4v) is 2.18. The topological polar surface area (TPSA) is 41.6 Å². The van der Waals surface area contributed by atoms with E-state index in [4.69, 9.17) is 4.74 Å². The van der Waals surface area contributed by atoms with Gasteiger partial charge in [-0.25, -0.2) is 0 Å². The van der Waals surface area contributed by atoms with Gasteiger partial charge in [-0.2, -0.15) is 13.2 Å². The maximum atomic E-state index is 12.9. The fourth-order valence-electron chi connectivity index (χ4n) is 2.18. The van der Waals surface area contributed by atoms with Crippen LogP contribution in [-0.4, -0.2) is 43.2 Å². The zero-order chi connectivity index (χ0) is 14.8. The Hall–Kier alpha value is -1.76. The van der Waals surface area contributed by atoms with Crippen molar-refractivity contribution in [3.8, 4) is 5.75 Å². The number of alkyl halides is 3. The van der Waals surface area contributed by atoms with Crippen molar-refractivity contribution >= 4 is 5.91 Å². The number of methoxy groups -OCH3 is 1. The molecule has 0 bridgehead atoms. The zero-order valence-electron chi connectivity index (χ0n) is 10.9. The quantitative estimate of drug-likeness (QED) is 0.917. The summed E-state index contributed by atoms with van der Waals surface area (Å²) in [5.41, 5.74) is 0.674. The van der Waals surface area contributed by atoms with E-state index in [1.807, 2.05) is 0 Å². The Balaban J connectivity index is 2.16. The van der Waals surface area contributed by atoms with E-state index in [2.05, 4.69) is 5.32 Å². The van der Waals surface area contributed by atoms with Gasteiger partial charge in [0.2, 0.25) is 5.91 Å². The molecule has 1 aromatic carbocycles. The highest BCUT2D eigenvalue weighted by Crippen LogP contribution is 2.27. The van der Waals surface area contributed by atoms with Crippen LogP contribution in [0.25, 0.3) is 0 Å². The first-order valence-electron chi connectivity index (χ1n) is 6.10. The summed E-state index contributed by atoms with van der Waals surface area (Å²) in [6.07, 6.45) is -4.37. The van der Waals surface area contributed by atoms with Crippen molar-refractivity contribution in [2.45, 2.75) is 18.8 Å². The lowest BCUT2D eigenvalue weighted by atomic mass is 10.1. The van der Waals surface area contributed by atoms with E-state index < -0.39 is 24.7 Å². The van der Waals surface area contributed by atoms with Crippen LogP contribution < -0.4 is 10.1 Å². The molecule has 1 heterocycles. The van der Waals surface area contributed by atoms with Gasteiger partial charge < -0.3 is 10.1 Å². The van der Waals surface area contributed by atoms with E-state index in [0.717, 1.165) is 4.90 Å². The number of rotatable bonds is 3. The Morgan fingerprint density at radius 1 is 1.45 bits per heavy atom. The molecule has 20 heavy (non-hydrogen) atoms. The number of nitrogens with one attached hydrogen (secondary N) is 1. The normalized spacial score (nSPS) is 20.6. The first-order valence-corrected chi connectivity index (χ1v) is 6.10. The molecule has 4 nitrogen and oxygen atoms in total. The number of halogens is 3. The molecule has 1 unspecified atom stereocenters. The number of ether oxygens (including phenoxy) is 1.